The molecule has 36 heavy (non-hydrogen) atoms. The third-order valence-electron chi connectivity index (χ3n) is 6.60. The minimum Gasteiger partial charge on any atom is -0.492 e. The second kappa shape index (κ2) is 9.74. The van der Waals surface area contributed by atoms with Crippen LogP contribution < -0.4 is 14.2 Å². The molecular formula is C29H24FNO5. The second-order valence-corrected chi connectivity index (χ2v) is 8.74. The van der Waals surface area contributed by atoms with Gasteiger partial charge in [-0.25, -0.2) is 4.39 Å². The minimum atomic E-state index is -0.493. The van der Waals surface area contributed by atoms with Crippen molar-refractivity contribution in [3.63, 3.8) is 0 Å². The molecule has 0 radical (unpaired) electrons. The predicted octanol–water partition coefficient (Wildman–Crippen LogP) is 6.24. The normalized spacial score (nSPS) is 17.4. The Bertz CT molecular complexity index is 1390. The van der Waals surface area contributed by atoms with E-state index in [2.05, 4.69) is 12.6 Å². The molecule has 0 saturated carbocycles. The summed E-state index contributed by atoms with van der Waals surface area (Å²) in [6.07, 6.45) is 2.56. The molecule has 0 amide bonds. The fourth-order valence-electron chi connectivity index (χ4n) is 4.77. The topological polar surface area (TPSA) is 77.8 Å². The number of hydrogen-bond donors (Lipinski definition) is 0. The lowest BCUT2D eigenvalue weighted by atomic mass is 9.98. The highest BCUT2D eigenvalue weighted by Gasteiger charge is 2.32. The molecule has 0 unspecified atom stereocenters. The number of nitrogens with zero attached hydrogens (tertiary/aromatic N) is 1. The van der Waals surface area contributed by atoms with E-state index in [1.54, 1.807) is 30.3 Å². The van der Waals surface area contributed by atoms with Gasteiger partial charge in [-0.3, -0.25) is 4.79 Å². The van der Waals surface area contributed by atoms with Gasteiger partial charge in [-0.15, -0.1) is 0 Å². The highest BCUT2D eigenvalue weighted by molar-refractivity contribution is 5.71. The Morgan fingerprint density at radius 2 is 2.06 bits per heavy atom. The standard InChI is InChI=1S/C29H24FNO5/c1-3-17-4-9-24(18(12-17)15-31)36-25-11-8-23(30)29-22(25)7-10-26(29)35-20-5-6-21-19(13-28(32)33-2)16-34-27(21)14-20/h3-6,8-9,11-12,14,19,26H,1,7,10,13,16H2,2H3/t19-,26-/m1/s1. The van der Waals surface area contributed by atoms with Crippen LogP contribution in [0, 0.1) is 17.1 Å². The smallest absolute Gasteiger partial charge is 0.306 e. The van der Waals surface area contributed by atoms with Crippen molar-refractivity contribution in [2.45, 2.75) is 31.3 Å². The number of methoxy groups -OCH3 is 1. The Morgan fingerprint density at radius 1 is 1.22 bits per heavy atom. The van der Waals surface area contributed by atoms with E-state index in [0.717, 1.165) is 16.7 Å². The van der Waals surface area contributed by atoms with Crippen molar-refractivity contribution >= 4 is 12.0 Å². The molecule has 0 fully saturated rings. The number of esters is 1. The maximum atomic E-state index is 15.0. The first-order valence-electron chi connectivity index (χ1n) is 11.7. The van der Waals surface area contributed by atoms with E-state index in [1.165, 1.54) is 13.2 Å². The van der Waals surface area contributed by atoms with Gasteiger partial charge in [0.05, 0.1) is 25.7 Å². The number of ether oxygens (including phenoxy) is 4. The largest absolute Gasteiger partial charge is 0.492 e. The number of carbonyl (C=O) groups excluding carboxylic acids is 1. The number of nitriles is 1. The van der Waals surface area contributed by atoms with Crippen molar-refractivity contribution in [3.8, 4) is 29.1 Å². The minimum absolute atomic E-state index is 0.0651. The van der Waals surface area contributed by atoms with Crippen LogP contribution in [0.25, 0.3) is 6.08 Å². The summed E-state index contributed by atoms with van der Waals surface area (Å²) in [5.41, 5.74) is 3.30. The van der Waals surface area contributed by atoms with Crippen LogP contribution in [0.3, 0.4) is 0 Å². The Hall–Kier alpha value is -4.31. The summed E-state index contributed by atoms with van der Waals surface area (Å²) in [6.45, 7) is 4.12. The first kappa shape index (κ1) is 23.4. The molecule has 7 heteroatoms. The van der Waals surface area contributed by atoms with E-state index in [4.69, 9.17) is 18.9 Å². The molecule has 2 aliphatic rings. The average Bonchev–Trinajstić information content (AvgIpc) is 3.50. The van der Waals surface area contributed by atoms with Crippen molar-refractivity contribution in [1.29, 1.82) is 5.26 Å². The highest BCUT2D eigenvalue weighted by atomic mass is 19.1. The van der Waals surface area contributed by atoms with Crippen LogP contribution in [-0.4, -0.2) is 19.7 Å². The van der Waals surface area contributed by atoms with Crippen LogP contribution in [0.5, 0.6) is 23.0 Å². The Kier molecular flexibility index (Phi) is 6.34. The van der Waals surface area contributed by atoms with Gasteiger partial charge in [0.2, 0.25) is 0 Å². The zero-order valence-electron chi connectivity index (χ0n) is 19.8. The van der Waals surface area contributed by atoms with Gasteiger partial charge < -0.3 is 18.9 Å². The van der Waals surface area contributed by atoms with Crippen molar-refractivity contribution in [2.24, 2.45) is 0 Å². The number of rotatable bonds is 7. The highest BCUT2D eigenvalue weighted by Crippen LogP contribution is 2.44. The summed E-state index contributed by atoms with van der Waals surface area (Å²) in [5, 5.41) is 9.52. The summed E-state index contributed by atoms with van der Waals surface area (Å²) < 4.78 is 37.8. The molecule has 6 nitrogen and oxygen atoms in total. The van der Waals surface area contributed by atoms with Crippen molar-refractivity contribution < 1.29 is 28.1 Å². The maximum absolute atomic E-state index is 15.0. The third kappa shape index (κ3) is 4.38. The van der Waals surface area contributed by atoms with Crippen LogP contribution >= 0.6 is 0 Å². The number of halogens is 1. The summed E-state index contributed by atoms with van der Waals surface area (Å²) in [7, 11) is 1.37. The van der Waals surface area contributed by atoms with Crippen LogP contribution in [-0.2, 0) is 16.0 Å². The van der Waals surface area contributed by atoms with Gasteiger partial charge in [-0.1, -0.05) is 24.8 Å². The number of hydrogen-bond acceptors (Lipinski definition) is 6. The second-order valence-electron chi connectivity index (χ2n) is 8.74. The molecule has 1 heterocycles. The molecule has 1 aliphatic heterocycles. The Labute approximate surface area is 208 Å². The van der Waals surface area contributed by atoms with Crippen molar-refractivity contribution in [3.05, 3.63) is 88.7 Å². The SMILES string of the molecule is C=Cc1ccc(Oc2ccc(F)c3c2CC[C@H]3Oc2ccc3c(c2)OC[C@H]3CC(=O)OC)c(C#N)c1. The first-order valence-corrected chi connectivity index (χ1v) is 11.7. The van der Waals surface area contributed by atoms with Crippen LogP contribution in [0.2, 0.25) is 0 Å². The zero-order chi connectivity index (χ0) is 25.2. The van der Waals surface area contributed by atoms with Gasteiger partial charge in [0.15, 0.2) is 0 Å². The molecule has 3 aromatic rings. The fourth-order valence-corrected chi connectivity index (χ4v) is 4.77. The van der Waals surface area contributed by atoms with Gasteiger partial charge in [-0.05, 0) is 48.7 Å². The van der Waals surface area contributed by atoms with E-state index in [1.807, 2.05) is 18.2 Å². The molecule has 0 aromatic heterocycles. The maximum Gasteiger partial charge on any atom is 0.306 e. The molecule has 2 atom stereocenters. The summed E-state index contributed by atoms with van der Waals surface area (Å²) in [5.74, 6) is 1.41. The Morgan fingerprint density at radius 3 is 2.83 bits per heavy atom. The average molecular weight is 486 g/mol. The molecule has 182 valence electrons. The van der Waals surface area contributed by atoms with Crippen LogP contribution in [0.4, 0.5) is 4.39 Å². The molecule has 0 bridgehead atoms. The molecule has 0 saturated heterocycles. The lowest BCUT2D eigenvalue weighted by molar-refractivity contribution is -0.141. The van der Waals surface area contributed by atoms with E-state index >= 15 is 0 Å². The predicted molar refractivity (Wildman–Crippen MR) is 131 cm³/mol. The number of carbonyl (C=O) groups is 1. The lowest BCUT2D eigenvalue weighted by Crippen LogP contribution is -2.09. The zero-order valence-corrected chi connectivity index (χ0v) is 19.8. The number of benzene rings is 3. The molecular weight excluding hydrogens is 461 g/mol. The van der Waals surface area contributed by atoms with Crippen LogP contribution in [0.1, 0.15) is 52.7 Å². The molecule has 0 N–H and O–H groups in total. The quantitative estimate of drug-likeness (QED) is 0.369. The summed E-state index contributed by atoms with van der Waals surface area (Å²) in [4.78, 5) is 11.7. The first-order chi connectivity index (χ1) is 17.5. The monoisotopic (exact) mass is 485 g/mol. The van der Waals surface area contributed by atoms with Gasteiger partial charge >= 0.3 is 5.97 Å². The molecule has 1 aliphatic carbocycles. The molecule has 0 spiro atoms. The van der Waals surface area contributed by atoms with Crippen molar-refractivity contribution in [2.75, 3.05) is 13.7 Å². The lowest BCUT2D eigenvalue weighted by Gasteiger charge is -2.17. The fraction of sp³-hybridized carbons (Fsp3) is 0.241. The van der Waals surface area contributed by atoms with Gasteiger partial charge in [0.1, 0.15) is 41.0 Å². The molecule has 3 aromatic carbocycles. The number of fused-ring (bicyclic) bond motifs is 2. The van der Waals surface area contributed by atoms with Gasteiger partial charge in [0, 0.05) is 28.7 Å². The molecule has 5 rings (SSSR count). The van der Waals surface area contributed by atoms with E-state index in [9.17, 15) is 14.4 Å². The van der Waals surface area contributed by atoms with Crippen molar-refractivity contribution in [1.82, 2.24) is 0 Å². The summed E-state index contributed by atoms with van der Waals surface area (Å²) >= 11 is 0. The third-order valence-corrected chi connectivity index (χ3v) is 6.60. The van der Waals surface area contributed by atoms with E-state index in [0.29, 0.717) is 53.6 Å². The Balaban J connectivity index is 1.37. The van der Waals surface area contributed by atoms with Gasteiger partial charge in [-0.2, -0.15) is 5.26 Å². The summed E-state index contributed by atoms with van der Waals surface area (Å²) in [6, 6.07) is 15.8. The van der Waals surface area contributed by atoms with Crippen LogP contribution in [0.15, 0.2) is 55.1 Å². The van der Waals surface area contributed by atoms with Gasteiger partial charge in [0.25, 0.3) is 0 Å². The van der Waals surface area contributed by atoms with E-state index < -0.39 is 6.10 Å². The van der Waals surface area contributed by atoms with E-state index in [-0.39, 0.29) is 24.1 Å².